The first kappa shape index (κ1) is 43.4. The summed E-state index contributed by atoms with van der Waals surface area (Å²) in [5, 5.41) is 0. The minimum atomic E-state index is -0.755. The van der Waals surface area contributed by atoms with Crippen molar-refractivity contribution in [2.45, 2.75) is 214 Å². The number of hydrogen-bond donors (Lipinski definition) is 0. The van der Waals surface area contributed by atoms with Gasteiger partial charge in [-0.3, -0.25) is 14.4 Å². The summed E-state index contributed by atoms with van der Waals surface area (Å²) < 4.78 is 16.5. The van der Waals surface area contributed by atoms with Gasteiger partial charge in [-0.25, -0.2) is 0 Å². The van der Waals surface area contributed by atoms with Crippen molar-refractivity contribution in [3.63, 3.8) is 0 Å². The highest BCUT2D eigenvalue weighted by atomic mass is 16.6. The summed E-state index contributed by atoms with van der Waals surface area (Å²) in [4.78, 5) is 37.2. The van der Waals surface area contributed by atoms with Gasteiger partial charge in [0, 0.05) is 19.3 Å². The number of esters is 3. The molecule has 0 bridgehead atoms. The Bertz CT molecular complexity index is 676. The molecule has 0 spiro atoms. The van der Waals surface area contributed by atoms with E-state index in [9.17, 15) is 14.4 Å². The Morgan fingerprint density at radius 1 is 0.422 bits per heavy atom. The number of hydrogen-bond acceptors (Lipinski definition) is 6. The maximum absolute atomic E-state index is 12.4. The average molecular weight is 639 g/mol. The highest BCUT2D eigenvalue weighted by Gasteiger charge is 2.19. The lowest BCUT2D eigenvalue weighted by Gasteiger charge is -2.18. The molecule has 0 saturated carbocycles. The molecule has 0 aliphatic heterocycles. The number of carbonyl (C=O) groups excluding carboxylic acids is 3. The Morgan fingerprint density at radius 3 is 1.09 bits per heavy atom. The molecule has 6 nitrogen and oxygen atoms in total. The van der Waals surface area contributed by atoms with Crippen LogP contribution in [0, 0.1) is 5.92 Å². The maximum Gasteiger partial charge on any atom is 0.306 e. The van der Waals surface area contributed by atoms with Gasteiger partial charge in [-0.2, -0.15) is 0 Å². The van der Waals surface area contributed by atoms with E-state index in [1.165, 1.54) is 96.3 Å². The summed E-state index contributed by atoms with van der Waals surface area (Å²) in [6, 6.07) is 0. The van der Waals surface area contributed by atoms with Crippen molar-refractivity contribution in [3.05, 3.63) is 0 Å². The molecule has 6 heteroatoms. The van der Waals surface area contributed by atoms with Crippen molar-refractivity contribution >= 4 is 17.9 Å². The first-order chi connectivity index (χ1) is 21.9. The van der Waals surface area contributed by atoms with Crippen LogP contribution in [0.25, 0.3) is 0 Å². The molecule has 0 heterocycles. The Balaban J connectivity index is 4.23. The summed E-state index contributed by atoms with van der Waals surface area (Å²) in [6.07, 6.45) is 29.8. The molecule has 0 radical (unpaired) electrons. The van der Waals surface area contributed by atoms with Gasteiger partial charge in [-0.05, 0) is 25.2 Å². The van der Waals surface area contributed by atoms with Crippen LogP contribution >= 0.6 is 0 Å². The lowest BCUT2D eigenvalue weighted by atomic mass is 10.0. The van der Waals surface area contributed by atoms with E-state index in [1.54, 1.807) is 0 Å². The van der Waals surface area contributed by atoms with Crippen molar-refractivity contribution in [2.75, 3.05) is 13.2 Å². The Morgan fingerprint density at radius 2 is 0.733 bits per heavy atom. The summed E-state index contributed by atoms with van der Waals surface area (Å²) in [7, 11) is 0. The predicted octanol–water partition coefficient (Wildman–Crippen LogP) is 11.6. The van der Waals surface area contributed by atoms with E-state index in [2.05, 4.69) is 27.7 Å². The van der Waals surface area contributed by atoms with E-state index in [4.69, 9.17) is 14.2 Å². The number of rotatable bonds is 34. The van der Waals surface area contributed by atoms with Gasteiger partial charge in [0.25, 0.3) is 0 Å². The summed E-state index contributed by atoms with van der Waals surface area (Å²) >= 11 is 0. The fraction of sp³-hybridized carbons (Fsp3) is 0.923. The van der Waals surface area contributed by atoms with E-state index < -0.39 is 6.10 Å². The van der Waals surface area contributed by atoms with Crippen LogP contribution in [-0.4, -0.2) is 37.2 Å². The normalized spacial score (nSPS) is 11.9. The van der Waals surface area contributed by atoms with Crippen molar-refractivity contribution < 1.29 is 28.6 Å². The highest BCUT2D eigenvalue weighted by molar-refractivity contribution is 5.71. The monoisotopic (exact) mass is 639 g/mol. The van der Waals surface area contributed by atoms with Gasteiger partial charge in [0.05, 0.1) is 0 Å². The lowest BCUT2D eigenvalue weighted by Crippen LogP contribution is -2.30. The Labute approximate surface area is 278 Å². The molecular formula is C39H74O6. The Kier molecular flexibility index (Phi) is 32.6. The molecule has 0 aliphatic rings. The Hall–Kier alpha value is -1.59. The summed E-state index contributed by atoms with van der Waals surface area (Å²) in [6.45, 7) is 8.84. The van der Waals surface area contributed by atoms with Crippen LogP contribution in [0.5, 0.6) is 0 Å². The largest absolute Gasteiger partial charge is 0.462 e. The van der Waals surface area contributed by atoms with Crippen LogP contribution in [0.4, 0.5) is 0 Å². The van der Waals surface area contributed by atoms with Gasteiger partial charge in [0.15, 0.2) is 6.10 Å². The standard InChI is InChI=1S/C39H74O6/c1-5-7-9-11-12-13-14-15-19-23-26-30-37(40)43-33-36(45-39(42)32-28-21-10-8-6-2)34-44-38(41)31-27-24-20-17-16-18-22-25-29-35(3)4/h35-36H,5-34H2,1-4H3/t36-/m0/s1. The topological polar surface area (TPSA) is 78.9 Å². The van der Waals surface area contributed by atoms with Gasteiger partial charge in [0.2, 0.25) is 0 Å². The highest BCUT2D eigenvalue weighted by Crippen LogP contribution is 2.15. The van der Waals surface area contributed by atoms with E-state index >= 15 is 0 Å². The van der Waals surface area contributed by atoms with Crippen molar-refractivity contribution in [2.24, 2.45) is 5.92 Å². The van der Waals surface area contributed by atoms with Crippen LogP contribution in [0.2, 0.25) is 0 Å². The molecule has 1 atom stereocenters. The lowest BCUT2D eigenvalue weighted by molar-refractivity contribution is -0.167. The van der Waals surface area contributed by atoms with Crippen molar-refractivity contribution in [1.82, 2.24) is 0 Å². The van der Waals surface area contributed by atoms with Gasteiger partial charge in [0.1, 0.15) is 13.2 Å². The van der Waals surface area contributed by atoms with Crippen LogP contribution in [0.1, 0.15) is 207 Å². The maximum atomic E-state index is 12.4. The summed E-state index contributed by atoms with van der Waals surface area (Å²) in [5.74, 6) is -0.0842. The molecule has 0 unspecified atom stereocenters. The molecular weight excluding hydrogens is 564 g/mol. The fourth-order valence-electron chi connectivity index (χ4n) is 5.57. The molecule has 0 aromatic carbocycles. The second-order valence-electron chi connectivity index (χ2n) is 13.7. The molecule has 0 rings (SSSR count). The molecule has 0 aromatic rings. The number of unbranched alkanes of at least 4 members (excludes halogenated alkanes) is 21. The van der Waals surface area contributed by atoms with Gasteiger partial charge < -0.3 is 14.2 Å². The predicted molar refractivity (Wildman–Crippen MR) is 187 cm³/mol. The molecule has 0 aromatic heterocycles. The van der Waals surface area contributed by atoms with Crippen molar-refractivity contribution in [3.8, 4) is 0 Å². The minimum absolute atomic E-state index is 0.0666. The second-order valence-corrected chi connectivity index (χ2v) is 13.7. The van der Waals surface area contributed by atoms with Crippen LogP contribution < -0.4 is 0 Å². The quantitative estimate of drug-likeness (QED) is 0.0396. The first-order valence-electron chi connectivity index (χ1n) is 19.4. The van der Waals surface area contributed by atoms with E-state index in [0.717, 1.165) is 70.1 Å². The van der Waals surface area contributed by atoms with E-state index in [-0.39, 0.29) is 31.1 Å². The van der Waals surface area contributed by atoms with Crippen molar-refractivity contribution in [1.29, 1.82) is 0 Å². The smallest absolute Gasteiger partial charge is 0.306 e. The fourth-order valence-corrected chi connectivity index (χ4v) is 5.57. The van der Waals surface area contributed by atoms with Gasteiger partial charge >= 0.3 is 17.9 Å². The number of carbonyl (C=O) groups is 3. The molecule has 0 saturated heterocycles. The first-order valence-corrected chi connectivity index (χ1v) is 19.4. The molecule has 45 heavy (non-hydrogen) atoms. The number of ether oxygens (including phenoxy) is 3. The zero-order valence-electron chi connectivity index (χ0n) is 30.3. The third kappa shape index (κ3) is 33.6. The average Bonchev–Trinajstić information content (AvgIpc) is 3.01. The molecule has 0 aliphatic carbocycles. The van der Waals surface area contributed by atoms with Crippen LogP contribution in [-0.2, 0) is 28.6 Å². The van der Waals surface area contributed by atoms with Gasteiger partial charge in [-0.1, -0.05) is 169 Å². The zero-order chi connectivity index (χ0) is 33.2. The zero-order valence-corrected chi connectivity index (χ0v) is 30.3. The summed E-state index contributed by atoms with van der Waals surface area (Å²) in [5.41, 5.74) is 0. The minimum Gasteiger partial charge on any atom is -0.462 e. The van der Waals surface area contributed by atoms with Crippen LogP contribution in [0.3, 0.4) is 0 Å². The van der Waals surface area contributed by atoms with Gasteiger partial charge in [-0.15, -0.1) is 0 Å². The third-order valence-corrected chi connectivity index (χ3v) is 8.54. The molecule has 0 amide bonds. The second kappa shape index (κ2) is 33.8. The van der Waals surface area contributed by atoms with E-state index in [0.29, 0.717) is 19.3 Å². The third-order valence-electron chi connectivity index (χ3n) is 8.54. The molecule has 0 N–H and O–H groups in total. The SMILES string of the molecule is CCCCCCCCCCCCCC(=O)OC[C@@H](COC(=O)CCCCCCCCCCC(C)C)OC(=O)CCCCCCC. The molecule has 266 valence electrons. The van der Waals surface area contributed by atoms with Crippen LogP contribution in [0.15, 0.2) is 0 Å². The molecule has 0 fully saturated rings. The van der Waals surface area contributed by atoms with E-state index in [1.807, 2.05) is 0 Å².